The van der Waals surface area contributed by atoms with Crippen molar-refractivity contribution in [3.63, 3.8) is 0 Å². The Morgan fingerprint density at radius 2 is 1.97 bits per heavy atom. The number of carbonyl (C=O) groups excluding carboxylic acids is 1. The summed E-state index contributed by atoms with van der Waals surface area (Å²) < 4.78 is 36.1. The van der Waals surface area contributed by atoms with Gasteiger partial charge in [0.05, 0.1) is 16.8 Å². The topological polar surface area (TPSA) is 94.5 Å². The van der Waals surface area contributed by atoms with Gasteiger partial charge in [-0.25, -0.2) is 18.7 Å². The number of halogens is 3. The molecule has 176 valence electrons. The minimum Gasteiger partial charge on any atom is -0.490 e. The van der Waals surface area contributed by atoms with Gasteiger partial charge >= 0.3 is 0 Å². The fourth-order valence-electron chi connectivity index (χ4n) is 3.70. The van der Waals surface area contributed by atoms with Gasteiger partial charge in [0.15, 0.2) is 5.82 Å². The van der Waals surface area contributed by atoms with Gasteiger partial charge in [-0.15, -0.1) is 0 Å². The molecule has 7 nitrogen and oxygen atoms in total. The van der Waals surface area contributed by atoms with E-state index in [2.05, 4.69) is 15.3 Å². The molecular formula is C24H22ClF2N5O2. The van der Waals surface area contributed by atoms with Crippen molar-refractivity contribution in [2.45, 2.75) is 33.3 Å². The monoisotopic (exact) mass is 485 g/mol. The van der Waals surface area contributed by atoms with Crippen LogP contribution in [-0.2, 0) is 6.42 Å². The van der Waals surface area contributed by atoms with Gasteiger partial charge in [0.2, 0.25) is 0 Å². The van der Waals surface area contributed by atoms with Crippen molar-refractivity contribution in [2.24, 2.45) is 0 Å². The summed E-state index contributed by atoms with van der Waals surface area (Å²) in [6.07, 6.45) is 3.09. The Morgan fingerprint density at radius 1 is 1.26 bits per heavy atom. The molecule has 0 aliphatic rings. The van der Waals surface area contributed by atoms with Crippen molar-refractivity contribution in [3.8, 4) is 5.75 Å². The summed E-state index contributed by atoms with van der Waals surface area (Å²) in [6.45, 7) is 5.33. The number of ether oxygens (including phenoxy) is 1. The number of nitrogen functional groups attached to an aromatic ring is 1. The number of nitrogens with two attached hydrogens (primary N) is 1. The van der Waals surface area contributed by atoms with Crippen LogP contribution >= 0.6 is 11.6 Å². The number of nitrogens with one attached hydrogen (secondary N) is 1. The molecular weight excluding hydrogens is 464 g/mol. The molecule has 0 aliphatic carbocycles. The standard InChI is InChI=1S/C24H22ClF2N5O2/c1-12(2)34-22-14(11-18-30-13(3)21-23(28)29-8-9-32(18)21)10-17(25)20(27)19(22)24(33)31-16-6-4-15(26)5-7-16/h4-10,12H,11H2,1-3H3,(H2,28,29)(H,31,33). The average Bonchev–Trinajstić information content (AvgIpc) is 3.09. The van der Waals surface area contributed by atoms with E-state index in [0.717, 1.165) is 0 Å². The second-order valence-electron chi connectivity index (χ2n) is 7.98. The Labute approximate surface area is 199 Å². The molecule has 2 heterocycles. The minimum absolute atomic E-state index is 0.0490. The van der Waals surface area contributed by atoms with Crippen LogP contribution in [0.2, 0.25) is 5.02 Å². The van der Waals surface area contributed by atoms with E-state index in [9.17, 15) is 9.18 Å². The summed E-state index contributed by atoms with van der Waals surface area (Å²) in [5.74, 6) is -1.19. The number of hydrogen-bond donors (Lipinski definition) is 2. The highest BCUT2D eigenvalue weighted by molar-refractivity contribution is 6.31. The number of anilines is 2. The first-order valence-corrected chi connectivity index (χ1v) is 10.9. The number of imidazole rings is 1. The third kappa shape index (κ3) is 4.51. The maximum Gasteiger partial charge on any atom is 0.262 e. The SMILES string of the molecule is Cc1nc(Cc2cc(Cl)c(F)c(C(=O)Nc3ccc(F)cc3)c2OC(C)C)n2ccnc(N)c12. The van der Waals surface area contributed by atoms with Gasteiger partial charge < -0.3 is 15.8 Å². The first-order chi connectivity index (χ1) is 16.2. The molecule has 10 heteroatoms. The number of aromatic nitrogens is 3. The molecule has 1 amide bonds. The molecule has 2 aromatic carbocycles. The van der Waals surface area contributed by atoms with Crippen LogP contribution in [0, 0.1) is 18.6 Å². The maximum absolute atomic E-state index is 15.2. The van der Waals surface area contributed by atoms with Crippen LogP contribution in [0.1, 0.15) is 41.3 Å². The molecule has 0 fully saturated rings. The summed E-state index contributed by atoms with van der Waals surface area (Å²) >= 11 is 6.19. The molecule has 3 N–H and O–H groups in total. The molecule has 2 aromatic heterocycles. The van der Waals surface area contributed by atoms with Gasteiger partial charge in [0.25, 0.3) is 5.91 Å². The second kappa shape index (κ2) is 9.26. The summed E-state index contributed by atoms with van der Waals surface area (Å²) in [5, 5.41) is 2.33. The summed E-state index contributed by atoms with van der Waals surface area (Å²) in [6, 6.07) is 6.54. The lowest BCUT2D eigenvalue weighted by Gasteiger charge is -2.19. The van der Waals surface area contributed by atoms with Crippen molar-refractivity contribution in [1.82, 2.24) is 14.4 Å². The zero-order chi connectivity index (χ0) is 24.6. The van der Waals surface area contributed by atoms with E-state index in [1.165, 1.54) is 30.3 Å². The number of carbonyl (C=O) groups is 1. The van der Waals surface area contributed by atoms with Crippen LogP contribution in [0.5, 0.6) is 5.75 Å². The maximum atomic E-state index is 15.2. The molecule has 0 saturated heterocycles. The lowest BCUT2D eigenvalue weighted by Crippen LogP contribution is -2.19. The molecule has 0 saturated carbocycles. The molecule has 0 radical (unpaired) electrons. The number of nitrogens with zero attached hydrogens (tertiary/aromatic N) is 3. The third-order valence-electron chi connectivity index (χ3n) is 5.11. The number of fused-ring (bicyclic) bond motifs is 1. The molecule has 0 spiro atoms. The quantitative estimate of drug-likeness (QED) is 0.392. The van der Waals surface area contributed by atoms with E-state index in [-0.39, 0.29) is 28.9 Å². The van der Waals surface area contributed by atoms with Crippen LogP contribution in [-0.4, -0.2) is 26.4 Å². The van der Waals surface area contributed by atoms with E-state index in [4.69, 9.17) is 22.1 Å². The van der Waals surface area contributed by atoms with Crippen LogP contribution in [0.25, 0.3) is 5.52 Å². The predicted octanol–water partition coefficient (Wildman–Crippen LogP) is 5.18. The zero-order valence-corrected chi connectivity index (χ0v) is 19.5. The molecule has 0 unspecified atom stereocenters. The van der Waals surface area contributed by atoms with Crippen molar-refractivity contribution in [3.05, 3.63) is 82.0 Å². The number of benzene rings is 2. The van der Waals surface area contributed by atoms with Gasteiger partial charge in [0, 0.05) is 30.1 Å². The van der Waals surface area contributed by atoms with E-state index >= 15 is 4.39 Å². The van der Waals surface area contributed by atoms with Crippen LogP contribution in [0.3, 0.4) is 0 Å². The first-order valence-electron chi connectivity index (χ1n) is 10.5. The summed E-state index contributed by atoms with van der Waals surface area (Å²) in [7, 11) is 0. The molecule has 0 bridgehead atoms. The second-order valence-corrected chi connectivity index (χ2v) is 8.39. The Hall–Kier alpha value is -3.72. The van der Waals surface area contributed by atoms with Crippen molar-refractivity contribution >= 4 is 34.5 Å². The van der Waals surface area contributed by atoms with Gasteiger partial charge in [-0.1, -0.05) is 11.6 Å². The number of rotatable bonds is 6. The number of aryl methyl sites for hydroxylation is 1. The van der Waals surface area contributed by atoms with Crippen LogP contribution in [0.15, 0.2) is 42.7 Å². The minimum atomic E-state index is -0.918. The number of hydrogen-bond acceptors (Lipinski definition) is 5. The smallest absolute Gasteiger partial charge is 0.262 e. The van der Waals surface area contributed by atoms with E-state index in [1.807, 2.05) is 6.92 Å². The third-order valence-corrected chi connectivity index (χ3v) is 5.39. The Kier molecular flexibility index (Phi) is 6.39. The fourth-order valence-corrected chi connectivity index (χ4v) is 3.93. The van der Waals surface area contributed by atoms with Crippen molar-refractivity contribution in [1.29, 1.82) is 0 Å². The fraction of sp³-hybridized carbons (Fsp3) is 0.208. The van der Waals surface area contributed by atoms with Gasteiger partial charge in [-0.05, 0) is 51.1 Å². The molecule has 4 aromatic rings. The van der Waals surface area contributed by atoms with Crippen LogP contribution < -0.4 is 15.8 Å². The highest BCUT2D eigenvalue weighted by Crippen LogP contribution is 2.35. The van der Waals surface area contributed by atoms with Crippen LogP contribution in [0.4, 0.5) is 20.3 Å². The van der Waals surface area contributed by atoms with E-state index in [0.29, 0.717) is 34.1 Å². The van der Waals surface area contributed by atoms with E-state index < -0.39 is 17.5 Å². The molecule has 34 heavy (non-hydrogen) atoms. The Morgan fingerprint density at radius 3 is 2.65 bits per heavy atom. The largest absolute Gasteiger partial charge is 0.490 e. The van der Waals surface area contributed by atoms with Gasteiger partial charge in [-0.3, -0.25) is 9.20 Å². The normalized spacial score (nSPS) is 11.3. The highest BCUT2D eigenvalue weighted by Gasteiger charge is 2.26. The number of amides is 1. The molecule has 0 atom stereocenters. The summed E-state index contributed by atoms with van der Waals surface area (Å²) in [4.78, 5) is 21.8. The first kappa shape index (κ1) is 23.4. The van der Waals surface area contributed by atoms with Crippen molar-refractivity contribution < 1.29 is 18.3 Å². The molecule has 0 aliphatic heterocycles. The zero-order valence-electron chi connectivity index (χ0n) is 18.7. The van der Waals surface area contributed by atoms with E-state index in [1.54, 1.807) is 30.6 Å². The highest BCUT2D eigenvalue weighted by atomic mass is 35.5. The van der Waals surface area contributed by atoms with Gasteiger partial charge in [0.1, 0.15) is 34.3 Å². The average molecular weight is 486 g/mol. The Bertz CT molecular complexity index is 1390. The molecule has 4 rings (SSSR count). The lowest BCUT2D eigenvalue weighted by molar-refractivity contribution is 0.101. The van der Waals surface area contributed by atoms with Crippen molar-refractivity contribution in [2.75, 3.05) is 11.1 Å². The van der Waals surface area contributed by atoms with Gasteiger partial charge in [-0.2, -0.15) is 0 Å². The predicted molar refractivity (Wildman–Crippen MR) is 126 cm³/mol. The summed E-state index contributed by atoms with van der Waals surface area (Å²) in [5.41, 5.74) is 7.75. The Balaban J connectivity index is 1.82. The lowest BCUT2D eigenvalue weighted by atomic mass is 10.0.